The average Bonchev–Trinajstić information content (AvgIpc) is 2.90. The van der Waals surface area contributed by atoms with Crippen LogP contribution in [0, 0.1) is 11.3 Å². The number of sulfonamides is 1. The van der Waals surface area contributed by atoms with Gasteiger partial charge in [-0.25, -0.2) is 21.6 Å². The standard InChI is InChI=1S/C28H28ClF3N4O4S/c1-18(7-10-25(37)35-16-28(31,32)17-35)34-26(38)27(30)11-12-36(19(2)14-27)41(39,40)24-9-8-20(15-33)13-22(24)21-5-3-4-6-23(21)29/h3-10,13,18-19H,11-12,14,16-17H2,1-2H3,(H,34,38)/b10-7+/t18-,19-,27+/m1/s1. The van der Waals surface area contributed by atoms with Gasteiger partial charge in [0.1, 0.15) is 0 Å². The molecule has 0 bridgehead atoms. The first-order valence-corrected chi connectivity index (χ1v) is 14.6. The largest absolute Gasteiger partial charge is 0.347 e. The predicted molar refractivity (Wildman–Crippen MR) is 146 cm³/mol. The summed E-state index contributed by atoms with van der Waals surface area (Å²) in [7, 11) is -4.20. The van der Waals surface area contributed by atoms with Crippen LogP contribution in [0.5, 0.6) is 0 Å². The molecule has 4 rings (SSSR count). The smallest absolute Gasteiger partial charge is 0.282 e. The Bertz CT molecular complexity index is 1540. The molecule has 13 heteroatoms. The Balaban J connectivity index is 1.47. The van der Waals surface area contributed by atoms with E-state index in [1.165, 1.54) is 38.1 Å². The van der Waals surface area contributed by atoms with Gasteiger partial charge in [-0.1, -0.05) is 35.9 Å². The molecule has 0 spiro atoms. The number of piperidine rings is 1. The van der Waals surface area contributed by atoms with E-state index < -0.39 is 71.4 Å². The lowest BCUT2D eigenvalue weighted by Crippen LogP contribution is -2.58. The highest BCUT2D eigenvalue weighted by Gasteiger charge is 2.48. The SMILES string of the molecule is C[C@H](/C=C/C(=O)N1CC(F)(F)C1)NC(=O)[C@]1(F)CCN(S(=O)(=O)c2ccc(C#N)cc2-c2ccccc2Cl)[C@H](C)C1. The minimum Gasteiger partial charge on any atom is -0.347 e. The number of alkyl halides is 3. The highest BCUT2D eigenvalue weighted by atomic mass is 35.5. The van der Waals surface area contributed by atoms with Crippen LogP contribution in [0.3, 0.4) is 0 Å². The number of halogens is 4. The maximum absolute atomic E-state index is 15.8. The van der Waals surface area contributed by atoms with Crippen LogP contribution in [0.15, 0.2) is 59.5 Å². The molecule has 0 unspecified atom stereocenters. The van der Waals surface area contributed by atoms with Crippen LogP contribution in [0.25, 0.3) is 11.1 Å². The lowest BCUT2D eigenvalue weighted by atomic mass is 9.89. The first-order valence-electron chi connectivity index (χ1n) is 12.8. The third kappa shape index (κ3) is 6.42. The number of nitrogens with zero attached hydrogens (tertiary/aromatic N) is 3. The molecule has 41 heavy (non-hydrogen) atoms. The summed E-state index contributed by atoms with van der Waals surface area (Å²) in [6.45, 7) is 1.36. The number of benzene rings is 2. The summed E-state index contributed by atoms with van der Waals surface area (Å²) in [6.07, 6.45) is 1.49. The summed E-state index contributed by atoms with van der Waals surface area (Å²) < 4.78 is 70.5. The van der Waals surface area contributed by atoms with E-state index in [4.69, 9.17) is 11.6 Å². The van der Waals surface area contributed by atoms with Crippen molar-refractivity contribution in [1.82, 2.24) is 14.5 Å². The summed E-state index contributed by atoms with van der Waals surface area (Å²) >= 11 is 6.34. The molecule has 1 N–H and O–H groups in total. The van der Waals surface area contributed by atoms with Crippen molar-refractivity contribution in [3.05, 3.63) is 65.2 Å². The summed E-state index contributed by atoms with van der Waals surface area (Å²) in [4.78, 5) is 25.7. The van der Waals surface area contributed by atoms with E-state index in [0.717, 1.165) is 15.3 Å². The zero-order valence-corrected chi connectivity index (χ0v) is 23.9. The lowest BCUT2D eigenvalue weighted by molar-refractivity contribution is -0.160. The summed E-state index contributed by atoms with van der Waals surface area (Å²) in [5, 5.41) is 12.1. The van der Waals surface area contributed by atoms with Crippen molar-refractivity contribution in [3.63, 3.8) is 0 Å². The monoisotopic (exact) mass is 608 g/mol. The van der Waals surface area contributed by atoms with Crippen molar-refractivity contribution in [2.24, 2.45) is 0 Å². The van der Waals surface area contributed by atoms with Crippen molar-refractivity contribution >= 4 is 33.4 Å². The number of carbonyl (C=O) groups excluding carboxylic acids is 2. The fraction of sp³-hybridized carbons (Fsp3) is 0.393. The molecule has 3 atom stereocenters. The number of carbonyl (C=O) groups is 2. The van der Waals surface area contributed by atoms with Gasteiger partial charge in [-0.15, -0.1) is 0 Å². The Morgan fingerprint density at radius 2 is 1.85 bits per heavy atom. The Hall–Kier alpha value is -3.40. The van der Waals surface area contributed by atoms with E-state index in [-0.39, 0.29) is 27.6 Å². The van der Waals surface area contributed by atoms with Crippen LogP contribution in [0.2, 0.25) is 5.02 Å². The first kappa shape index (κ1) is 30.6. The van der Waals surface area contributed by atoms with Crippen molar-refractivity contribution in [2.75, 3.05) is 19.6 Å². The second kappa shape index (κ2) is 11.5. The van der Waals surface area contributed by atoms with Gasteiger partial charge in [0, 0.05) is 53.7 Å². The average molecular weight is 609 g/mol. The maximum Gasteiger partial charge on any atom is 0.282 e. The van der Waals surface area contributed by atoms with Gasteiger partial charge < -0.3 is 10.2 Å². The number of nitrogens with one attached hydrogen (secondary N) is 1. The molecule has 2 amide bonds. The molecule has 2 heterocycles. The van der Waals surface area contributed by atoms with E-state index in [9.17, 15) is 32.0 Å². The second-order valence-electron chi connectivity index (χ2n) is 10.4. The highest BCUT2D eigenvalue weighted by molar-refractivity contribution is 7.89. The van der Waals surface area contributed by atoms with Gasteiger partial charge in [0.2, 0.25) is 15.9 Å². The minimum atomic E-state index is -4.20. The molecule has 0 aromatic heterocycles. The molecule has 2 aliphatic rings. The normalized spacial score (nSPS) is 23.4. The Labute approximate surface area is 241 Å². The molecule has 2 aromatic rings. The van der Waals surface area contributed by atoms with Crippen molar-refractivity contribution in [1.29, 1.82) is 5.26 Å². The Morgan fingerprint density at radius 3 is 2.46 bits per heavy atom. The quantitative estimate of drug-likeness (QED) is 0.472. The zero-order chi connectivity index (χ0) is 30.2. The highest BCUT2D eigenvalue weighted by Crippen LogP contribution is 2.39. The summed E-state index contributed by atoms with van der Waals surface area (Å²) in [5.41, 5.74) is -1.50. The maximum atomic E-state index is 15.8. The fourth-order valence-electron chi connectivity index (χ4n) is 4.97. The Kier molecular flexibility index (Phi) is 8.55. The van der Waals surface area contributed by atoms with E-state index in [2.05, 4.69) is 5.32 Å². The predicted octanol–water partition coefficient (Wildman–Crippen LogP) is 4.30. The van der Waals surface area contributed by atoms with Gasteiger partial charge in [0.15, 0.2) is 5.67 Å². The third-order valence-corrected chi connectivity index (χ3v) is 9.55. The number of likely N-dealkylation sites (tertiary alicyclic amines) is 1. The molecule has 2 saturated heterocycles. The van der Waals surface area contributed by atoms with E-state index in [1.54, 1.807) is 24.3 Å². The molecule has 0 saturated carbocycles. The van der Waals surface area contributed by atoms with Gasteiger partial charge in [-0.2, -0.15) is 9.57 Å². The molecule has 2 aromatic carbocycles. The number of rotatable bonds is 7. The molecule has 0 aliphatic carbocycles. The molecule has 8 nitrogen and oxygen atoms in total. The van der Waals surface area contributed by atoms with Crippen LogP contribution in [-0.2, 0) is 19.6 Å². The van der Waals surface area contributed by atoms with Gasteiger partial charge in [0.05, 0.1) is 29.6 Å². The topological polar surface area (TPSA) is 111 Å². The van der Waals surface area contributed by atoms with Gasteiger partial charge in [-0.05, 0) is 38.1 Å². The van der Waals surface area contributed by atoms with Crippen LogP contribution in [0.4, 0.5) is 13.2 Å². The van der Waals surface area contributed by atoms with Crippen LogP contribution in [0.1, 0.15) is 32.3 Å². The van der Waals surface area contributed by atoms with Crippen LogP contribution < -0.4 is 5.32 Å². The van der Waals surface area contributed by atoms with Gasteiger partial charge in [-0.3, -0.25) is 9.59 Å². The van der Waals surface area contributed by atoms with Crippen LogP contribution >= 0.6 is 11.6 Å². The summed E-state index contributed by atoms with van der Waals surface area (Å²) in [5.74, 6) is -4.51. The van der Waals surface area contributed by atoms with Crippen molar-refractivity contribution < 1.29 is 31.2 Å². The number of amides is 2. The fourth-order valence-corrected chi connectivity index (χ4v) is 7.03. The van der Waals surface area contributed by atoms with E-state index >= 15 is 4.39 Å². The summed E-state index contributed by atoms with van der Waals surface area (Å²) in [6, 6.07) is 11.0. The zero-order valence-electron chi connectivity index (χ0n) is 22.3. The molecule has 218 valence electrons. The van der Waals surface area contributed by atoms with E-state index in [0.29, 0.717) is 5.56 Å². The molecular formula is C28H28ClF3N4O4S. The molecule has 0 radical (unpaired) electrons. The van der Waals surface area contributed by atoms with Crippen molar-refractivity contribution in [2.45, 2.75) is 55.3 Å². The van der Waals surface area contributed by atoms with E-state index in [1.807, 2.05) is 6.07 Å². The molecule has 2 fully saturated rings. The third-order valence-electron chi connectivity index (χ3n) is 7.15. The lowest BCUT2D eigenvalue weighted by Gasteiger charge is -2.40. The second-order valence-corrected chi connectivity index (χ2v) is 12.6. The van der Waals surface area contributed by atoms with Gasteiger partial charge >= 0.3 is 0 Å². The van der Waals surface area contributed by atoms with Crippen LogP contribution in [-0.4, -0.2) is 72.7 Å². The number of hydrogen-bond acceptors (Lipinski definition) is 5. The molecular weight excluding hydrogens is 581 g/mol. The minimum absolute atomic E-state index is 0.101. The number of nitriles is 1. The Morgan fingerprint density at radius 1 is 1.17 bits per heavy atom. The first-order chi connectivity index (χ1) is 19.2. The van der Waals surface area contributed by atoms with Crippen molar-refractivity contribution in [3.8, 4) is 17.2 Å². The number of hydrogen-bond donors (Lipinski definition) is 1. The molecule has 2 aliphatic heterocycles. The van der Waals surface area contributed by atoms with Gasteiger partial charge in [0.25, 0.3) is 11.8 Å².